The molecular formula is C32H32FN5O. The molecule has 6 rings (SSSR count). The highest BCUT2D eigenvalue weighted by Crippen LogP contribution is 2.44. The van der Waals surface area contributed by atoms with Gasteiger partial charge in [0, 0.05) is 61.5 Å². The van der Waals surface area contributed by atoms with Crippen LogP contribution in [0.4, 0.5) is 10.3 Å². The Morgan fingerprint density at radius 2 is 1.64 bits per heavy atom. The molecule has 1 aromatic heterocycles. The standard InChI is InChI=1S/C32H32FN5O/c1-20(2)19-37-15-17-38(18-16-37)24-6-3-5-21(11-14-24)25-7-4-8-26-27(25)30-28(31(26)39)29(35-32(34)36-30)22-9-12-23(33)13-10-22/h3-5,7-14,20H,6,15-19H2,1-2H3,(H2,34,35,36). The van der Waals surface area contributed by atoms with Gasteiger partial charge in [0.05, 0.1) is 17.0 Å². The smallest absolute Gasteiger partial charge is 0.221 e. The number of piperazine rings is 1. The SMILES string of the molecule is CC(C)CN1CCN(C2=CC=C(c3cccc4c3-c3nc(N)nc(-c5ccc(F)cc5)c3C4=O)C=CC2)CC1. The first kappa shape index (κ1) is 25.2. The lowest BCUT2D eigenvalue weighted by molar-refractivity contribution is 0.104. The maximum Gasteiger partial charge on any atom is 0.221 e. The second-order valence-electron chi connectivity index (χ2n) is 10.8. The fourth-order valence-electron chi connectivity index (χ4n) is 5.83. The summed E-state index contributed by atoms with van der Waals surface area (Å²) in [6, 6.07) is 11.7. The Morgan fingerprint density at radius 1 is 0.923 bits per heavy atom. The Labute approximate surface area is 228 Å². The molecule has 0 saturated carbocycles. The number of carbonyl (C=O) groups excluding carboxylic acids is 1. The first-order chi connectivity index (χ1) is 18.9. The van der Waals surface area contributed by atoms with Gasteiger partial charge in [0.25, 0.3) is 0 Å². The van der Waals surface area contributed by atoms with Gasteiger partial charge in [-0.2, -0.15) is 0 Å². The van der Waals surface area contributed by atoms with Crippen LogP contribution in [0.15, 0.2) is 72.5 Å². The molecule has 39 heavy (non-hydrogen) atoms. The first-order valence-corrected chi connectivity index (χ1v) is 13.6. The number of nitrogens with zero attached hydrogens (tertiary/aromatic N) is 4. The van der Waals surface area contributed by atoms with Gasteiger partial charge in [0.15, 0.2) is 5.78 Å². The fourth-order valence-corrected chi connectivity index (χ4v) is 5.83. The minimum absolute atomic E-state index is 0.0766. The maximum absolute atomic E-state index is 13.7. The molecule has 2 aliphatic carbocycles. The van der Waals surface area contributed by atoms with Crippen LogP contribution in [-0.4, -0.2) is 58.3 Å². The lowest BCUT2D eigenvalue weighted by Gasteiger charge is -2.37. The summed E-state index contributed by atoms with van der Waals surface area (Å²) in [7, 11) is 0. The highest BCUT2D eigenvalue weighted by atomic mass is 19.1. The Kier molecular flexibility index (Phi) is 6.61. The number of carbonyl (C=O) groups is 1. The molecule has 1 saturated heterocycles. The molecule has 0 bridgehead atoms. The number of anilines is 1. The van der Waals surface area contributed by atoms with Gasteiger partial charge in [-0.3, -0.25) is 9.69 Å². The zero-order valence-corrected chi connectivity index (χ0v) is 22.3. The summed E-state index contributed by atoms with van der Waals surface area (Å²) >= 11 is 0. The van der Waals surface area contributed by atoms with Crippen LogP contribution in [0, 0.1) is 11.7 Å². The zero-order valence-electron chi connectivity index (χ0n) is 22.3. The van der Waals surface area contributed by atoms with Crippen molar-refractivity contribution in [2.45, 2.75) is 20.3 Å². The number of benzene rings is 2. The van der Waals surface area contributed by atoms with Crippen molar-refractivity contribution in [3.8, 4) is 22.5 Å². The van der Waals surface area contributed by atoms with E-state index in [1.165, 1.54) is 17.8 Å². The average molecular weight is 522 g/mol. The van der Waals surface area contributed by atoms with E-state index in [0.29, 0.717) is 34.0 Å². The third-order valence-corrected chi connectivity index (χ3v) is 7.61. The lowest BCUT2D eigenvalue weighted by atomic mass is 9.95. The summed E-state index contributed by atoms with van der Waals surface area (Å²) in [4.78, 5) is 27.6. The van der Waals surface area contributed by atoms with Crippen LogP contribution >= 0.6 is 0 Å². The molecule has 3 aliphatic rings. The van der Waals surface area contributed by atoms with Crippen molar-refractivity contribution in [3.63, 3.8) is 0 Å². The number of nitrogen functional groups attached to an aromatic ring is 1. The zero-order chi connectivity index (χ0) is 27.1. The number of hydrogen-bond acceptors (Lipinski definition) is 6. The summed E-state index contributed by atoms with van der Waals surface area (Å²) in [5, 5.41) is 0. The van der Waals surface area contributed by atoms with Crippen LogP contribution in [0.1, 0.15) is 41.8 Å². The van der Waals surface area contributed by atoms with Gasteiger partial charge in [-0.05, 0) is 47.4 Å². The van der Waals surface area contributed by atoms with Gasteiger partial charge in [0.2, 0.25) is 5.95 Å². The van der Waals surface area contributed by atoms with E-state index < -0.39 is 0 Å². The van der Waals surface area contributed by atoms with E-state index in [1.54, 1.807) is 12.1 Å². The van der Waals surface area contributed by atoms with E-state index in [1.807, 2.05) is 18.2 Å². The topological polar surface area (TPSA) is 75.3 Å². The summed E-state index contributed by atoms with van der Waals surface area (Å²) in [5.74, 6) is 0.257. The van der Waals surface area contributed by atoms with Crippen molar-refractivity contribution < 1.29 is 9.18 Å². The minimum atomic E-state index is -0.355. The molecule has 0 spiro atoms. The van der Waals surface area contributed by atoms with Gasteiger partial charge in [-0.1, -0.05) is 50.3 Å². The molecule has 2 heterocycles. The van der Waals surface area contributed by atoms with E-state index >= 15 is 0 Å². The Morgan fingerprint density at radius 3 is 2.38 bits per heavy atom. The largest absolute Gasteiger partial charge is 0.372 e. The molecule has 0 amide bonds. The van der Waals surface area contributed by atoms with Crippen molar-refractivity contribution in [3.05, 3.63) is 95.0 Å². The highest BCUT2D eigenvalue weighted by molar-refractivity contribution is 6.25. The number of allylic oxidation sites excluding steroid dienone is 5. The molecule has 0 unspecified atom stereocenters. The molecule has 0 atom stereocenters. The number of fused-ring (bicyclic) bond motifs is 3. The van der Waals surface area contributed by atoms with Gasteiger partial charge >= 0.3 is 0 Å². The van der Waals surface area contributed by atoms with E-state index in [0.717, 1.165) is 55.8 Å². The van der Waals surface area contributed by atoms with E-state index in [9.17, 15) is 9.18 Å². The quantitative estimate of drug-likeness (QED) is 0.370. The second kappa shape index (κ2) is 10.2. The number of ketones is 1. The van der Waals surface area contributed by atoms with Gasteiger partial charge < -0.3 is 10.6 Å². The molecule has 1 fully saturated rings. The number of rotatable bonds is 5. The lowest BCUT2D eigenvalue weighted by Crippen LogP contribution is -2.46. The number of halogens is 1. The van der Waals surface area contributed by atoms with Crippen molar-refractivity contribution >= 4 is 17.3 Å². The Balaban J connectivity index is 1.36. The Bertz CT molecular complexity index is 1530. The molecule has 0 radical (unpaired) electrons. The summed E-state index contributed by atoms with van der Waals surface area (Å²) in [6.45, 7) is 9.91. The molecule has 198 valence electrons. The van der Waals surface area contributed by atoms with Crippen LogP contribution < -0.4 is 5.73 Å². The Hall–Kier alpha value is -4.10. The van der Waals surface area contributed by atoms with Gasteiger partial charge in [-0.25, -0.2) is 14.4 Å². The third-order valence-electron chi connectivity index (χ3n) is 7.61. The minimum Gasteiger partial charge on any atom is -0.372 e. The maximum atomic E-state index is 13.7. The first-order valence-electron chi connectivity index (χ1n) is 13.6. The van der Waals surface area contributed by atoms with Crippen molar-refractivity contribution in [2.24, 2.45) is 5.92 Å². The molecular weight excluding hydrogens is 489 g/mol. The molecule has 2 N–H and O–H groups in total. The van der Waals surface area contributed by atoms with Crippen LogP contribution in [0.2, 0.25) is 0 Å². The monoisotopic (exact) mass is 521 g/mol. The highest BCUT2D eigenvalue weighted by Gasteiger charge is 2.34. The second-order valence-corrected chi connectivity index (χ2v) is 10.8. The van der Waals surface area contributed by atoms with Crippen LogP contribution in [0.5, 0.6) is 0 Å². The van der Waals surface area contributed by atoms with Gasteiger partial charge in [0.1, 0.15) is 5.82 Å². The fraction of sp³-hybridized carbons (Fsp3) is 0.281. The summed E-state index contributed by atoms with van der Waals surface area (Å²) < 4.78 is 13.6. The van der Waals surface area contributed by atoms with Crippen molar-refractivity contribution in [1.29, 1.82) is 0 Å². The number of hydrogen-bond donors (Lipinski definition) is 1. The predicted molar refractivity (Wildman–Crippen MR) is 153 cm³/mol. The average Bonchev–Trinajstić information content (AvgIpc) is 3.06. The molecule has 2 aromatic carbocycles. The number of nitrogens with two attached hydrogens (primary N) is 1. The third kappa shape index (κ3) is 4.79. The van der Waals surface area contributed by atoms with Crippen molar-refractivity contribution in [1.82, 2.24) is 19.8 Å². The predicted octanol–water partition coefficient (Wildman–Crippen LogP) is 5.58. The van der Waals surface area contributed by atoms with E-state index in [2.05, 4.69) is 57.9 Å². The summed E-state index contributed by atoms with van der Waals surface area (Å²) in [5.41, 5.74) is 12.7. The van der Waals surface area contributed by atoms with Gasteiger partial charge in [-0.15, -0.1) is 0 Å². The van der Waals surface area contributed by atoms with E-state index in [4.69, 9.17) is 5.73 Å². The molecule has 1 aliphatic heterocycles. The molecule has 7 heteroatoms. The molecule has 3 aromatic rings. The van der Waals surface area contributed by atoms with Crippen LogP contribution in [-0.2, 0) is 0 Å². The van der Waals surface area contributed by atoms with E-state index in [-0.39, 0.29) is 17.5 Å². The van der Waals surface area contributed by atoms with Crippen LogP contribution in [0.3, 0.4) is 0 Å². The van der Waals surface area contributed by atoms with Crippen LogP contribution in [0.25, 0.3) is 28.1 Å². The summed E-state index contributed by atoms with van der Waals surface area (Å²) in [6.07, 6.45) is 9.53. The number of aromatic nitrogens is 2. The normalized spacial score (nSPS) is 17.1. The van der Waals surface area contributed by atoms with Crippen molar-refractivity contribution in [2.75, 3.05) is 38.5 Å². The molecule has 6 nitrogen and oxygen atoms in total.